The zero-order valence-electron chi connectivity index (χ0n) is 19.3. The Morgan fingerprint density at radius 2 is 2.09 bits per heavy atom. The Hall–Kier alpha value is -1.92. The first-order valence-corrected chi connectivity index (χ1v) is 12.3. The number of aromatic hydroxyl groups is 1. The van der Waals surface area contributed by atoms with Crippen LogP contribution in [0.1, 0.15) is 69.9 Å². The van der Waals surface area contributed by atoms with Crippen LogP contribution in [0.15, 0.2) is 18.2 Å². The van der Waals surface area contributed by atoms with Crippen molar-refractivity contribution in [3.05, 3.63) is 29.3 Å². The van der Waals surface area contributed by atoms with Crippen LogP contribution in [0, 0.1) is 11.8 Å². The molecule has 5 rings (SSSR count). The molecule has 6 nitrogen and oxygen atoms in total. The highest BCUT2D eigenvalue weighted by Gasteiger charge is 2.66. The Morgan fingerprint density at radius 1 is 1.31 bits per heavy atom. The summed E-state index contributed by atoms with van der Waals surface area (Å²) in [4.78, 5) is 28.3. The summed E-state index contributed by atoms with van der Waals surface area (Å²) in [6, 6.07) is 4.72. The number of aliphatic hydroxyl groups is 1. The van der Waals surface area contributed by atoms with Gasteiger partial charge in [0.2, 0.25) is 5.91 Å². The summed E-state index contributed by atoms with van der Waals surface area (Å²) in [5, 5.41) is 25.6. The second-order valence-corrected chi connectivity index (χ2v) is 11.2. The molecule has 2 bridgehead atoms. The van der Waals surface area contributed by atoms with Gasteiger partial charge in [-0.25, -0.2) is 0 Å². The van der Waals surface area contributed by atoms with Crippen molar-refractivity contribution in [2.24, 2.45) is 11.8 Å². The smallest absolute Gasteiger partial charge is 0.220 e. The lowest BCUT2D eigenvalue weighted by Crippen LogP contribution is -2.76. The van der Waals surface area contributed by atoms with E-state index in [4.69, 9.17) is 0 Å². The van der Waals surface area contributed by atoms with Crippen molar-refractivity contribution in [2.45, 2.75) is 88.3 Å². The van der Waals surface area contributed by atoms with Gasteiger partial charge in [0, 0.05) is 37.3 Å². The molecule has 3 fully saturated rings. The fraction of sp³-hybridized carbons (Fsp3) is 0.692. The topological polar surface area (TPSA) is 89.9 Å². The molecule has 4 atom stereocenters. The highest BCUT2D eigenvalue weighted by molar-refractivity contribution is 5.91. The number of carbonyl (C=O) groups is 2. The number of hydrogen-bond donors (Lipinski definition) is 3. The van der Waals surface area contributed by atoms with Crippen molar-refractivity contribution in [3.63, 3.8) is 0 Å². The molecule has 1 heterocycles. The summed E-state index contributed by atoms with van der Waals surface area (Å²) in [7, 11) is 0. The van der Waals surface area contributed by atoms with Gasteiger partial charge in [-0.15, -0.1) is 0 Å². The lowest BCUT2D eigenvalue weighted by Gasteiger charge is -2.64. The zero-order chi connectivity index (χ0) is 22.7. The number of benzene rings is 1. The molecular weight excluding hydrogens is 404 g/mol. The maximum atomic E-state index is 13.3. The lowest BCUT2D eigenvalue weighted by atomic mass is 9.48. The maximum Gasteiger partial charge on any atom is 0.220 e. The zero-order valence-corrected chi connectivity index (χ0v) is 19.3. The standard InChI is InChI=1S/C26H36N2O4/c1-16(2)3-8-24(31)27-21-13-26(32)23-11-18-6-7-19(29)12-20(18)25(26,14-22(21)30)9-10-28(23)15-17-4-5-17/h6-7,12,16-17,21,23,29,32H,3-5,8-11,13-15H2,1-2H3,(H,27,31)/t21-,23+,25?,26+/m0/s1. The number of phenols is 1. The van der Waals surface area contributed by atoms with Crippen LogP contribution in [0.25, 0.3) is 0 Å². The van der Waals surface area contributed by atoms with E-state index in [0.717, 1.165) is 30.6 Å². The minimum atomic E-state index is -1.11. The SMILES string of the molecule is CC(C)CCC(=O)N[C@H]1C[C@@]2(O)[C@H]3Cc4ccc(O)cc4C2(CCN3CC2CC2)CC1=O. The second kappa shape index (κ2) is 7.84. The van der Waals surface area contributed by atoms with Crippen molar-refractivity contribution in [1.29, 1.82) is 0 Å². The van der Waals surface area contributed by atoms with Gasteiger partial charge in [-0.05, 0) is 73.7 Å². The number of nitrogens with zero attached hydrogens (tertiary/aromatic N) is 1. The molecule has 1 saturated heterocycles. The number of likely N-dealkylation sites (tertiary alicyclic amines) is 1. The van der Waals surface area contributed by atoms with Crippen LogP contribution in [0.2, 0.25) is 0 Å². The molecule has 0 aromatic heterocycles. The first kappa shape index (κ1) is 21.9. The van der Waals surface area contributed by atoms with Crippen LogP contribution in [-0.2, 0) is 21.4 Å². The third kappa shape index (κ3) is 3.56. The van der Waals surface area contributed by atoms with Crippen molar-refractivity contribution in [2.75, 3.05) is 13.1 Å². The summed E-state index contributed by atoms with van der Waals surface area (Å²) in [6.45, 7) is 6.01. The lowest BCUT2D eigenvalue weighted by molar-refractivity contribution is -0.178. The van der Waals surface area contributed by atoms with Crippen LogP contribution in [0.5, 0.6) is 5.75 Å². The Kier molecular flexibility index (Phi) is 5.37. The number of piperidine rings is 1. The summed E-state index contributed by atoms with van der Waals surface area (Å²) in [5.74, 6) is 1.21. The fourth-order valence-electron chi connectivity index (χ4n) is 6.57. The molecule has 3 N–H and O–H groups in total. The van der Waals surface area contributed by atoms with E-state index in [2.05, 4.69) is 24.1 Å². The van der Waals surface area contributed by atoms with Crippen molar-refractivity contribution < 1.29 is 19.8 Å². The van der Waals surface area contributed by atoms with E-state index in [1.807, 2.05) is 6.07 Å². The fourth-order valence-corrected chi connectivity index (χ4v) is 6.57. The molecule has 32 heavy (non-hydrogen) atoms. The van der Waals surface area contributed by atoms with E-state index in [0.29, 0.717) is 31.1 Å². The van der Waals surface area contributed by atoms with E-state index in [1.165, 1.54) is 12.8 Å². The quantitative estimate of drug-likeness (QED) is 0.633. The number of rotatable bonds is 6. The first-order chi connectivity index (χ1) is 15.2. The number of hydrogen-bond acceptors (Lipinski definition) is 5. The molecule has 1 aliphatic heterocycles. The Bertz CT molecular complexity index is 926. The van der Waals surface area contributed by atoms with Gasteiger partial charge in [-0.3, -0.25) is 14.5 Å². The van der Waals surface area contributed by atoms with Gasteiger partial charge < -0.3 is 15.5 Å². The predicted octanol–water partition coefficient (Wildman–Crippen LogP) is 2.69. The molecule has 174 valence electrons. The van der Waals surface area contributed by atoms with Crippen LogP contribution in [-0.4, -0.2) is 57.6 Å². The van der Waals surface area contributed by atoms with E-state index in [9.17, 15) is 19.8 Å². The summed E-state index contributed by atoms with van der Waals surface area (Å²) in [6.07, 6.45) is 5.56. The van der Waals surface area contributed by atoms with Gasteiger partial charge >= 0.3 is 0 Å². The third-order valence-electron chi connectivity index (χ3n) is 8.52. The van der Waals surface area contributed by atoms with Gasteiger partial charge in [0.05, 0.1) is 11.6 Å². The number of fused-ring (bicyclic) bond motifs is 1. The van der Waals surface area contributed by atoms with E-state index < -0.39 is 17.1 Å². The van der Waals surface area contributed by atoms with Crippen molar-refractivity contribution >= 4 is 11.7 Å². The molecule has 1 unspecified atom stereocenters. The molecular formula is C26H36N2O4. The van der Waals surface area contributed by atoms with Crippen LogP contribution in [0.3, 0.4) is 0 Å². The van der Waals surface area contributed by atoms with Gasteiger partial charge in [-0.1, -0.05) is 19.9 Å². The largest absolute Gasteiger partial charge is 0.508 e. The molecule has 6 heteroatoms. The average Bonchev–Trinajstić information content (AvgIpc) is 3.54. The summed E-state index contributed by atoms with van der Waals surface area (Å²) in [5.41, 5.74) is 0.260. The van der Waals surface area contributed by atoms with Crippen LogP contribution in [0.4, 0.5) is 0 Å². The molecule has 1 aromatic rings. The summed E-state index contributed by atoms with van der Waals surface area (Å²) >= 11 is 0. The molecule has 0 radical (unpaired) electrons. The Balaban J connectivity index is 1.48. The summed E-state index contributed by atoms with van der Waals surface area (Å²) < 4.78 is 0. The van der Waals surface area contributed by atoms with Gasteiger partial charge in [-0.2, -0.15) is 0 Å². The molecule has 0 spiro atoms. The highest BCUT2D eigenvalue weighted by atomic mass is 16.3. The van der Waals surface area contributed by atoms with Gasteiger partial charge in [0.15, 0.2) is 5.78 Å². The monoisotopic (exact) mass is 440 g/mol. The molecule has 4 aliphatic rings. The molecule has 1 aromatic carbocycles. The number of amides is 1. The minimum absolute atomic E-state index is 0.00171. The highest BCUT2D eigenvalue weighted by Crippen LogP contribution is 2.58. The number of ketones is 1. The number of nitrogens with one attached hydrogen (secondary N) is 1. The molecule has 1 amide bonds. The first-order valence-electron chi connectivity index (χ1n) is 12.3. The Morgan fingerprint density at radius 3 is 2.81 bits per heavy atom. The van der Waals surface area contributed by atoms with Crippen LogP contribution < -0.4 is 5.32 Å². The van der Waals surface area contributed by atoms with E-state index >= 15 is 0 Å². The number of Topliss-reactive ketones (excluding diaryl/α,β-unsaturated/α-hetero) is 1. The molecule has 3 aliphatic carbocycles. The van der Waals surface area contributed by atoms with E-state index in [-0.39, 0.29) is 36.3 Å². The third-order valence-corrected chi connectivity index (χ3v) is 8.52. The number of carbonyl (C=O) groups excluding carboxylic acids is 2. The number of phenolic OH excluding ortho intramolecular Hbond substituents is 1. The van der Waals surface area contributed by atoms with Gasteiger partial charge in [0.25, 0.3) is 0 Å². The maximum absolute atomic E-state index is 13.3. The van der Waals surface area contributed by atoms with E-state index in [1.54, 1.807) is 12.1 Å². The average molecular weight is 441 g/mol. The minimum Gasteiger partial charge on any atom is -0.508 e. The van der Waals surface area contributed by atoms with Gasteiger partial charge in [0.1, 0.15) is 5.75 Å². The van der Waals surface area contributed by atoms with Crippen molar-refractivity contribution in [3.8, 4) is 5.75 Å². The van der Waals surface area contributed by atoms with Crippen molar-refractivity contribution in [1.82, 2.24) is 10.2 Å². The molecule has 2 saturated carbocycles. The second-order valence-electron chi connectivity index (χ2n) is 11.2. The normalized spacial score (nSPS) is 34.2. The van der Waals surface area contributed by atoms with Crippen LogP contribution >= 0.6 is 0 Å². The predicted molar refractivity (Wildman–Crippen MR) is 121 cm³/mol. The Labute approximate surface area is 190 Å².